The molecule has 0 bridgehead atoms. The fraction of sp³-hybridized carbons (Fsp3) is 0.333. The molecule has 0 saturated carbocycles. The molecule has 2 aromatic heterocycles. The third kappa shape index (κ3) is 4.73. The number of amides is 2. The fourth-order valence-electron chi connectivity index (χ4n) is 2.81. The number of carbonyl (C=O) groups is 2. The van der Waals surface area contributed by atoms with Crippen LogP contribution in [-0.4, -0.2) is 31.8 Å². The molecule has 1 aromatic carbocycles. The highest BCUT2D eigenvalue weighted by Crippen LogP contribution is 2.29. The normalized spacial score (nSPS) is 12.6. The molecule has 0 radical (unpaired) electrons. The number of primary amides is 1. The lowest BCUT2D eigenvalue weighted by molar-refractivity contribution is -0.115. The Kier molecular flexibility index (Phi) is 6.33. The fourth-order valence-corrected chi connectivity index (χ4v) is 4.42. The van der Waals surface area contributed by atoms with Gasteiger partial charge in [-0.3, -0.25) is 9.59 Å². The van der Waals surface area contributed by atoms with E-state index in [9.17, 15) is 9.59 Å². The van der Waals surface area contributed by atoms with Crippen LogP contribution in [0.3, 0.4) is 0 Å². The lowest BCUT2D eigenvalue weighted by Gasteiger charge is -2.19. The quantitative estimate of drug-likeness (QED) is 0.559. The topological polar surface area (TPSA) is 103 Å². The minimum absolute atomic E-state index is 0.0825. The smallest absolute Gasteiger partial charge is 0.251 e. The van der Waals surface area contributed by atoms with Crippen LogP contribution in [0, 0.1) is 0 Å². The van der Waals surface area contributed by atoms with Gasteiger partial charge in [-0.2, -0.15) is 0 Å². The number of thioether (sulfide) groups is 1. The van der Waals surface area contributed by atoms with E-state index < -0.39 is 11.2 Å². The summed E-state index contributed by atoms with van der Waals surface area (Å²) in [5.74, 6) is -0.0638. The van der Waals surface area contributed by atoms with Crippen LogP contribution in [0.5, 0.6) is 0 Å². The van der Waals surface area contributed by atoms with Crippen molar-refractivity contribution >= 4 is 39.9 Å². The molecule has 3 N–H and O–H groups in total. The van der Waals surface area contributed by atoms with Crippen LogP contribution in [0.25, 0.3) is 11.4 Å². The van der Waals surface area contributed by atoms with Crippen molar-refractivity contribution in [3.05, 3.63) is 46.8 Å². The monoisotopic (exact) mass is 443 g/mol. The van der Waals surface area contributed by atoms with Crippen molar-refractivity contribution in [2.45, 2.75) is 43.5 Å². The minimum Gasteiger partial charge on any atom is -0.366 e. The van der Waals surface area contributed by atoms with Gasteiger partial charge >= 0.3 is 0 Å². The standard InChI is InChI=1S/C21H25N5O2S2/c1-12(18(28)23-19-15(16(22)27)10-11-29-19)30-20-25-24-17(26(20)5)13-6-8-14(9-7-13)21(2,3)4/h6-12H,1-5H3,(H2,22,27)(H,23,28). The number of hydrogen-bond acceptors (Lipinski definition) is 6. The van der Waals surface area contributed by atoms with Crippen LogP contribution in [0.1, 0.15) is 43.6 Å². The summed E-state index contributed by atoms with van der Waals surface area (Å²) in [4.78, 5) is 24.0. The van der Waals surface area contributed by atoms with Gasteiger partial charge in [0, 0.05) is 12.6 Å². The summed E-state index contributed by atoms with van der Waals surface area (Å²) in [5.41, 5.74) is 7.94. The largest absolute Gasteiger partial charge is 0.366 e. The summed E-state index contributed by atoms with van der Waals surface area (Å²) in [5, 5.41) is 13.7. The summed E-state index contributed by atoms with van der Waals surface area (Å²) in [6.07, 6.45) is 0. The molecule has 0 fully saturated rings. The van der Waals surface area contributed by atoms with E-state index in [4.69, 9.17) is 5.73 Å². The third-order valence-electron chi connectivity index (χ3n) is 4.66. The van der Waals surface area contributed by atoms with E-state index in [1.165, 1.54) is 28.7 Å². The zero-order chi connectivity index (χ0) is 22.1. The Morgan fingerprint density at radius 1 is 1.17 bits per heavy atom. The van der Waals surface area contributed by atoms with Crippen molar-refractivity contribution in [3.8, 4) is 11.4 Å². The Balaban J connectivity index is 1.72. The first-order valence-electron chi connectivity index (χ1n) is 9.43. The molecule has 0 aliphatic heterocycles. The highest BCUT2D eigenvalue weighted by atomic mass is 32.2. The van der Waals surface area contributed by atoms with Gasteiger partial charge in [0.1, 0.15) is 5.00 Å². The van der Waals surface area contributed by atoms with E-state index in [0.29, 0.717) is 15.7 Å². The van der Waals surface area contributed by atoms with Crippen LogP contribution in [-0.2, 0) is 17.3 Å². The molecule has 9 heteroatoms. The molecule has 30 heavy (non-hydrogen) atoms. The summed E-state index contributed by atoms with van der Waals surface area (Å²) in [6.45, 7) is 8.31. The molecule has 7 nitrogen and oxygen atoms in total. The predicted octanol–water partition coefficient (Wildman–Crippen LogP) is 4.06. The number of aromatic nitrogens is 3. The molecule has 1 unspecified atom stereocenters. The molecule has 158 valence electrons. The highest BCUT2D eigenvalue weighted by Gasteiger charge is 2.22. The maximum absolute atomic E-state index is 12.6. The average Bonchev–Trinajstić information content (AvgIpc) is 3.28. The van der Waals surface area contributed by atoms with Crippen molar-refractivity contribution in [1.82, 2.24) is 14.8 Å². The molecule has 2 amide bonds. The second-order valence-electron chi connectivity index (χ2n) is 7.97. The molecular weight excluding hydrogens is 418 g/mol. The van der Waals surface area contributed by atoms with Crippen molar-refractivity contribution in [3.63, 3.8) is 0 Å². The number of nitrogens with two attached hydrogens (primary N) is 1. The Hall–Kier alpha value is -2.65. The molecule has 0 aliphatic rings. The van der Waals surface area contributed by atoms with Crippen molar-refractivity contribution in [2.24, 2.45) is 12.8 Å². The molecule has 3 aromatic rings. The van der Waals surface area contributed by atoms with Crippen LogP contribution < -0.4 is 11.1 Å². The number of carbonyl (C=O) groups excluding carboxylic acids is 2. The first-order chi connectivity index (χ1) is 14.1. The summed E-state index contributed by atoms with van der Waals surface area (Å²) < 4.78 is 1.88. The Bertz CT molecular complexity index is 1060. The van der Waals surface area contributed by atoms with Gasteiger partial charge in [-0.15, -0.1) is 21.5 Å². The first kappa shape index (κ1) is 22.0. The van der Waals surface area contributed by atoms with Gasteiger partial charge in [0.05, 0.1) is 10.8 Å². The van der Waals surface area contributed by atoms with E-state index >= 15 is 0 Å². The predicted molar refractivity (Wildman–Crippen MR) is 122 cm³/mol. The number of thiophene rings is 1. The number of rotatable bonds is 6. The van der Waals surface area contributed by atoms with Crippen LogP contribution in [0.15, 0.2) is 40.9 Å². The van der Waals surface area contributed by atoms with E-state index in [1.807, 2.05) is 23.7 Å². The molecule has 0 saturated heterocycles. The Morgan fingerprint density at radius 2 is 1.83 bits per heavy atom. The number of hydrogen-bond donors (Lipinski definition) is 2. The highest BCUT2D eigenvalue weighted by molar-refractivity contribution is 8.00. The van der Waals surface area contributed by atoms with Crippen molar-refractivity contribution in [2.75, 3.05) is 5.32 Å². The van der Waals surface area contributed by atoms with E-state index in [0.717, 1.165) is 11.4 Å². The molecule has 1 atom stereocenters. The zero-order valence-corrected chi connectivity index (χ0v) is 19.2. The Morgan fingerprint density at radius 3 is 2.43 bits per heavy atom. The molecule has 2 heterocycles. The average molecular weight is 444 g/mol. The molecule has 0 spiro atoms. The number of nitrogens with zero attached hydrogens (tertiary/aromatic N) is 3. The van der Waals surface area contributed by atoms with Gasteiger partial charge in [0.25, 0.3) is 5.91 Å². The molecule has 0 aliphatic carbocycles. The molecular formula is C21H25N5O2S2. The van der Waals surface area contributed by atoms with E-state index in [1.54, 1.807) is 18.4 Å². The van der Waals surface area contributed by atoms with Gasteiger partial charge in [0.15, 0.2) is 11.0 Å². The van der Waals surface area contributed by atoms with Gasteiger partial charge < -0.3 is 15.6 Å². The van der Waals surface area contributed by atoms with E-state index in [2.05, 4.69) is 48.4 Å². The summed E-state index contributed by atoms with van der Waals surface area (Å²) in [6, 6.07) is 9.88. The lowest BCUT2D eigenvalue weighted by atomic mass is 9.87. The van der Waals surface area contributed by atoms with Gasteiger partial charge in [0.2, 0.25) is 5.91 Å². The Labute approximate surface area is 184 Å². The molecule has 3 rings (SSSR count). The number of anilines is 1. The maximum atomic E-state index is 12.6. The van der Waals surface area contributed by atoms with Gasteiger partial charge in [-0.05, 0) is 29.3 Å². The maximum Gasteiger partial charge on any atom is 0.251 e. The van der Waals surface area contributed by atoms with Crippen LogP contribution in [0.4, 0.5) is 5.00 Å². The van der Waals surface area contributed by atoms with Gasteiger partial charge in [-0.1, -0.05) is 56.8 Å². The summed E-state index contributed by atoms with van der Waals surface area (Å²) >= 11 is 2.57. The number of nitrogens with one attached hydrogen (secondary N) is 1. The second-order valence-corrected chi connectivity index (χ2v) is 10.2. The lowest BCUT2D eigenvalue weighted by Crippen LogP contribution is -2.24. The van der Waals surface area contributed by atoms with Gasteiger partial charge in [-0.25, -0.2) is 0 Å². The number of benzene rings is 1. The third-order valence-corrected chi connectivity index (χ3v) is 6.63. The first-order valence-corrected chi connectivity index (χ1v) is 11.2. The summed E-state index contributed by atoms with van der Waals surface area (Å²) in [7, 11) is 1.88. The van der Waals surface area contributed by atoms with Crippen LogP contribution >= 0.6 is 23.1 Å². The van der Waals surface area contributed by atoms with Crippen LogP contribution in [0.2, 0.25) is 0 Å². The van der Waals surface area contributed by atoms with Crippen molar-refractivity contribution < 1.29 is 9.59 Å². The van der Waals surface area contributed by atoms with Crippen molar-refractivity contribution in [1.29, 1.82) is 0 Å². The second kappa shape index (κ2) is 8.61. The SMILES string of the molecule is CC(Sc1nnc(-c2ccc(C(C)(C)C)cc2)n1C)C(=O)Nc1sccc1C(N)=O. The zero-order valence-electron chi connectivity index (χ0n) is 17.6. The minimum atomic E-state index is -0.567. The van der Waals surface area contributed by atoms with E-state index in [-0.39, 0.29) is 11.3 Å².